The van der Waals surface area contributed by atoms with E-state index in [1.807, 2.05) is 18.2 Å². The van der Waals surface area contributed by atoms with E-state index >= 15 is 0 Å². The molecule has 0 heterocycles. The Balaban J connectivity index is 2.49. The molecule has 19 heavy (non-hydrogen) atoms. The van der Waals surface area contributed by atoms with Gasteiger partial charge < -0.3 is 15.2 Å². The van der Waals surface area contributed by atoms with Gasteiger partial charge in [-0.15, -0.1) is 0 Å². The molecular formula is C15H15NO3. The zero-order chi connectivity index (χ0) is 13.8. The summed E-state index contributed by atoms with van der Waals surface area (Å²) < 4.78 is 10.3. The highest BCUT2D eigenvalue weighted by molar-refractivity contribution is 6.13. The molecule has 0 aliphatic heterocycles. The largest absolute Gasteiger partial charge is 0.493 e. The van der Waals surface area contributed by atoms with E-state index in [0.717, 1.165) is 0 Å². The Kier molecular flexibility index (Phi) is 3.71. The van der Waals surface area contributed by atoms with Gasteiger partial charge in [0.05, 0.1) is 19.9 Å². The number of ether oxygens (including phenoxy) is 2. The van der Waals surface area contributed by atoms with Crippen molar-refractivity contribution in [3.8, 4) is 11.5 Å². The Morgan fingerprint density at radius 2 is 1.68 bits per heavy atom. The minimum atomic E-state index is -0.140. The zero-order valence-electron chi connectivity index (χ0n) is 10.8. The van der Waals surface area contributed by atoms with Gasteiger partial charge in [-0.05, 0) is 12.1 Å². The second-order valence-electron chi connectivity index (χ2n) is 3.96. The lowest BCUT2D eigenvalue weighted by molar-refractivity contribution is 0.103. The van der Waals surface area contributed by atoms with E-state index in [1.165, 1.54) is 14.2 Å². The Morgan fingerprint density at radius 1 is 1.00 bits per heavy atom. The third-order valence-corrected chi connectivity index (χ3v) is 2.86. The van der Waals surface area contributed by atoms with Gasteiger partial charge in [0.1, 0.15) is 0 Å². The molecule has 0 amide bonds. The number of rotatable bonds is 4. The predicted molar refractivity (Wildman–Crippen MR) is 73.8 cm³/mol. The maximum Gasteiger partial charge on any atom is 0.195 e. The molecule has 0 saturated heterocycles. The Labute approximate surface area is 111 Å². The number of nitrogen functional groups attached to an aromatic ring is 1. The number of carbonyl (C=O) groups is 1. The molecule has 0 saturated carbocycles. The van der Waals surface area contributed by atoms with Crippen LogP contribution >= 0.6 is 0 Å². The van der Waals surface area contributed by atoms with Gasteiger partial charge in [0, 0.05) is 11.1 Å². The molecule has 2 aromatic rings. The first kappa shape index (κ1) is 13.0. The quantitative estimate of drug-likeness (QED) is 0.675. The molecule has 0 spiro atoms. The van der Waals surface area contributed by atoms with E-state index < -0.39 is 0 Å². The summed E-state index contributed by atoms with van der Waals surface area (Å²) in [5, 5.41) is 0. The standard InChI is InChI=1S/C15H15NO3/c1-18-12-9-8-11(13(16)15(12)19-2)14(17)10-6-4-3-5-7-10/h3-9H,16H2,1-2H3. The third-order valence-electron chi connectivity index (χ3n) is 2.86. The fraction of sp³-hybridized carbons (Fsp3) is 0.133. The van der Waals surface area contributed by atoms with Gasteiger partial charge >= 0.3 is 0 Å². The number of benzene rings is 2. The number of ketones is 1. The summed E-state index contributed by atoms with van der Waals surface area (Å²) in [5.74, 6) is 0.743. The highest BCUT2D eigenvalue weighted by Crippen LogP contribution is 2.36. The highest BCUT2D eigenvalue weighted by atomic mass is 16.5. The van der Waals surface area contributed by atoms with Gasteiger partial charge in [0.25, 0.3) is 0 Å². The Morgan fingerprint density at radius 3 is 2.26 bits per heavy atom. The van der Waals surface area contributed by atoms with Gasteiger partial charge in [-0.2, -0.15) is 0 Å². The number of hydrogen-bond donors (Lipinski definition) is 1. The maximum absolute atomic E-state index is 12.4. The van der Waals surface area contributed by atoms with E-state index in [-0.39, 0.29) is 11.5 Å². The first-order chi connectivity index (χ1) is 9.19. The number of methoxy groups -OCH3 is 2. The molecule has 0 radical (unpaired) electrons. The average Bonchev–Trinajstić information content (AvgIpc) is 2.47. The second-order valence-corrected chi connectivity index (χ2v) is 3.96. The highest BCUT2D eigenvalue weighted by Gasteiger charge is 2.18. The van der Waals surface area contributed by atoms with E-state index in [4.69, 9.17) is 15.2 Å². The smallest absolute Gasteiger partial charge is 0.195 e. The van der Waals surface area contributed by atoms with Crippen molar-refractivity contribution in [1.82, 2.24) is 0 Å². The number of hydrogen-bond acceptors (Lipinski definition) is 4. The van der Waals surface area contributed by atoms with Gasteiger partial charge in [-0.3, -0.25) is 4.79 Å². The molecular weight excluding hydrogens is 242 g/mol. The van der Waals surface area contributed by atoms with E-state index in [0.29, 0.717) is 22.6 Å². The summed E-state index contributed by atoms with van der Waals surface area (Å²) in [6.45, 7) is 0. The van der Waals surface area contributed by atoms with Crippen molar-refractivity contribution in [2.24, 2.45) is 0 Å². The lowest BCUT2D eigenvalue weighted by atomic mass is 10.0. The molecule has 2 N–H and O–H groups in total. The van der Waals surface area contributed by atoms with Crippen LogP contribution in [0.3, 0.4) is 0 Å². The third kappa shape index (κ3) is 2.38. The SMILES string of the molecule is COc1ccc(C(=O)c2ccccc2)c(N)c1OC. The Hall–Kier alpha value is -2.49. The van der Waals surface area contributed by atoms with Crippen molar-refractivity contribution in [3.05, 3.63) is 53.6 Å². The van der Waals surface area contributed by atoms with Crippen LogP contribution in [-0.2, 0) is 0 Å². The molecule has 98 valence electrons. The van der Waals surface area contributed by atoms with Crippen molar-refractivity contribution in [2.45, 2.75) is 0 Å². The van der Waals surface area contributed by atoms with Crippen LogP contribution in [0, 0.1) is 0 Å². The first-order valence-electron chi connectivity index (χ1n) is 5.79. The molecule has 0 aromatic heterocycles. The summed E-state index contributed by atoms with van der Waals surface area (Å²) in [6.07, 6.45) is 0. The molecule has 4 heteroatoms. The van der Waals surface area contributed by atoms with Crippen LogP contribution in [0.5, 0.6) is 11.5 Å². The maximum atomic E-state index is 12.4. The number of nitrogens with two attached hydrogens (primary N) is 1. The van der Waals surface area contributed by atoms with Crippen LogP contribution in [0.2, 0.25) is 0 Å². The molecule has 2 rings (SSSR count). The van der Waals surface area contributed by atoms with Crippen LogP contribution in [0.1, 0.15) is 15.9 Å². The average molecular weight is 257 g/mol. The molecule has 0 aliphatic carbocycles. The minimum Gasteiger partial charge on any atom is -0.493 e. The zero-order valence-corrected chi connectivity index (χ0v) is 10.8. The van der Waals surface area contributed by atoms with Crippen LogP contribution in [0.25, 0.3) is 0 Å². The molecule has 2 aromatic carbocycles. The Bertz CT molecular complexity index is 594. The van der Waals surface area contributed by atoms with E-state index in [1.54, 1.807) is 24.3 Å². The summed E-state index contributed by atoms with van der Waals surface area (Å²) in [6, 6.07) is 12.3. The van der Waals surface area contributed by atoms with Crippen LogP contribution in [-0.4, -0.2) is 20.0 Å². The van der Waals surface area contributed by atoms with Crippen molar-refractivity contribution in [2.75, 3.05) is 20.0 Å². The van der Waals surface area contributed by atoms with Gasteiger partial charge in [-0.1, -0.05) is 30.3 Å². The summed E-state index contributed by atoms with van der Waals surface area (Å²) in [7, 11) is 3.01. The summed E-state index contributed by atoms with van der Waals surface area (Å²) >= 11 is 0. The molecule has 0 atom stereocenters. The number of carbonyl (C=O) groups excluding carboxylic acids is 1. The normalized spacial score (nSPS) is 10.0. The summed E-state index contributed by atoms with van der Waals surface area (Å²) in [4.78, 5) is 12.4. The lowest BCUT2D eigenvalue weighted by Gasteiger charge is -2.13. The fourth-order valence-corrected chi connectivity index (χ4v) is 1.89. The van der Waals surface area contributed by atoms with E-state index in [9.17, 15) is 4.79 Å². The predicted octanol–water partition coefficient (Wildman–Crippen LogP) is 2.52. The van der Waals surface area contributed by atoms with E-state index in [2.05, 4.69) is 0 Å². The summed E-state index contributed by atoms with van der Waals surface area (Å²) in [5.41, 5.74) is 7.26. The van der Waals surface area contributed by atoms with Crippen molar-refractivity contribution in [3.63, 3.8) is 0 Å². The minimum absolute atomic E-state index is 0.140. The lowest BCUT2D eigenvalue weighted by Crippen LogP contribution is -2.07. The van der Waals surface area contributed by atoms with Crippen molar-refractivity contribution >= 4 is 11.5 Å². The molecule has 0 unspecified atom stereocenters. The fourth-order valence-electron chi connectivity index (χ4n) is 1.89. The van der Waals surface area contributed by atoms with Gasteiger partial charge in [0.2, 0.25) is 0 Å². The molecule has 0 fully saturated rings. The molecule has 4 nitrogen and oxygen atoms in total. The second kappa shape index (κ2) is 5.44. The first-order valence-corrected chi connectivity index (χ1v) is 5.79. The van der Waals surface area contributed by atoms with Crippen molar-refractivity contribution < 1.29 is 14.3 Å². The van der Waals surface area contributed by atoms with Gasteiger partial charge in [0.15, 0.2) is 17.3 Å². The van der Waals surface area contributed by atoms with Gasteiger partial charge in [-0.25, -0.2) is 0 Å². The number of anilines is 1. The molecule has 0 bridgehead atoms. The van der Waals surface area contributed by atoms with Crippen LogP contribution < -0.4 is 15.2 Å². The van der Waals surface area contributed by atoms with Crippen LogP contribution in [0.15, 0.2) is 42.5 Å². The monoisotopic (exact) mass is 257 g/mol. The van der Waals surface area contributed by atoms with Crippen LogP contribution in [0.4, 0.5) is 5.69 Å². The van der Waals surface area contributed by atoms with Crippen molar-refractivity contribution in [1.29, 1.82) is 0 Å². The topological polar surface area (TPSA) is 61.5 Å². The molecule has 0 aliphatic rings.